The lowest BCUT2D eigenvalue weighted by Crippen LogP contribution is -2.52. The number of carbonyl (C=O) groups excluding carboxylic acids is 2. The second-order valence-electron chi connectivity index (χ2n) is 5.96. The van der Waals surface area contributed by atoms with Crippen LogP contribution in [0.5, 0.6) is 0 Å². The van der Waals surface area contributed by atoms with E-state index in [9.17, 15) is 9.59 Å². The Kier molecular flexibility index (Phi) is 3.28. The third-order valence-electron chi connectivity index (χ3n) is 4.34. The minimum Gasteiger partial charge on any atom is -0.303 e. The summed E-state index contributed by atoms with van der Waals surface area (Å²) in [5.41, 5.74) is 0.316. The Morgan fingerprint density at radius 3 is 3.00 bits per heavy atom. The van der Waals surface area contributed by atoms with Crippen LogP contribution in [0.15, 0.2) is 5.38 Å². The molecule has 1 saturated carbocycles. The lowest BCUT2D eigenvalue weighted by atomic mass is 9.75. The first kappa shape index (κ1) is 13.5. The van der Waals surface area contributed by atoms with Gasteiger partial charge in [0.05, 0.1) is 6.54 Å². The maximum atomic E-state index is 12.3. The molecule has 0 radical (unpaired) electrons. The summed E-state index contributed by atoms with van der Waals surface area (Å²) in [6.45, 7) is 4.53. The molecule has 2 unspecified atom stereocenters. The van der Waals surface area contributed by atoms with Crippen molar-refractivity contribution in [2.24, 2.45) is 5.92 Å². The minimum absolute atomic E-state index is 0.123. The quantitative estimate of drug-likeness (QED) is 0.852. The highest BCUT2D eigenvalue weighted by Crippen LogP contribution is 2.40. The molecule has 0 aromatic carbocycles. The van der Waals surface area contributed by atoms with Crippen molar-refractivity contribution >= 4 is 23.3 Å². The van der Waals surface area contributed by atoms with Gasteiger partial charge in [-0.2, -0.15) is 0 Å². The molecule has 2 fully saturated rings. The lowest BCUT2D eigenvalue weighted by molar-refractivity contribution is -0.129. The van der Waals surface area contributed by atoms with Gasteiger partial charge in [-0.1, -0.05) is 19.8 Å². The van der Waals surface area contributed by atoms with Crippen LogP contribution in [0.25, 0.3) is 0 Å². The average molecular weight is 293 g/mol. The molecule has 1 aliphatic carbocycles. The molecule has 3 amide bonds. The number of carbonyl (C=O) groups is 2. The molecular weight excluding hydrogens is 274 g/mol. The van der Waals surface area contributed by atoms with E-state index in [0.717, 1.165) is 36.4 Å². The van der Waals surface area contributed by atoms with Gasteiger partial charge in [-0.05, 0) is 25.7 Å². The van der Waals surface area contributed by atoms with Gasteiger partial charge in [0, 0.05) is 11.1 Å². The molecule has 0 bridgehead atoms. The van der Waals surface area contributed by atoms with Gasteiger partial charge in [-0.3, -0.25) is 10.1 Å². The molecule has 2 heterocycles. The van der Waals surface area contributed by atoms with Crippen LogP contribution in [-0.4, -0.2) is 27.4 Å². The van der Waals surface area contributed by atoms with Gasteiger partial charge in [-0.15, -0.1) is 11.3 Å². The molecule has 2 atom stereocenters. The van der Waals surface area contributed by atoms with Crippen LogP contribution in [0.1, 0.15) is 43.3 Å². The number of imide groups is 1. The van der Waals surface area contributed by atoms with Crippen LogP contribution < -0.4 is 5.32 Å². The van der Waals surface area contributed by atoms with Crippen molar-refractivity contribution in [1.29, 1.82) is 0 Å². The van der Waals surface area contributed by atoms with Gasteiger partial charge < -0.3 is 4.90 Å². The number of aromatic nitrogens is 1. The molecule has 1 saturated heterocycles. The Labute approximate surface area is 122 Å². The van der Waals surface area contributed by atoms with Crippen molar-refractivity contribution in [3.63, 3.8) is 0 Å². The van der Waals surface area contributed by atoms with Crippen LogP contribution in [-0.2, 0) is 11.3 Å². The smallest absolute Gasteiger partial charge is 0.303 e. The number of thiazole rings is 1. The normalized spacial score (nSPS) is 30.1. The van der Waals surface area contributed by atoms with Crippen molar-refractivity contribution in [3.8, 4) is 0 Å². The minimum atomic E-state index is -0.645. The summed E-state index contributed by atoms with van der Waals surface area (Å²) in [5, 5.41) is 5.37. The molecule has 6 heteroatoms. The molecule has 1 N–H and O–H groups in total. The van der Waals surface area contributed by atoms with Gasteiger partial charge >= 0.3 is 6.03 Å². The Balaban J connectivity index is 1.89. The predicted octanol–water partition coefficient (Wildman–Crippen LogP) is 2.45. The molecule has 1 aromatic heterocycles. The Bertz CT molecular complexity index is 556. The van der Waals surface area contributed by atoms with E-state index in [2.05, 4.69) is 17.2 Å². The van der Waals surface area contributed by atoms with Gasteiger partial charge in [0.1, 0.15) is 10.5 Å². The summed E-state index contributed by atoms with van der Waals surface area (Å²) >= 11 is 1.54. The zero-order valence-electron chi connectivity index (χ0n) is 11.8. The highest BCUT2D eigenvalue weighted by molar-refractivity contribution is 7.09. The van der Waals surface area contributed by atoms with E-state index < -0.39 is 5.54 Å². The fourth-order valence-corrected chi connectivity index (χ4v) is 4.17. The number of nitrogens with one attached hydrogen (secondary N) is 1. The summed E-state index contributed by atoms with van der Waals surface area (Å²) in [5.74, 6) is 0.350. The summed E-state index contributed by atoms with van der Waals surface area (Å²) in [6, 6.07) is -0.267. The number of hydrogen-bond acceptors (Lipinski definition) is 4. The largest absolute Gasteiger partial charge is 0.325 e. The Hall–Kier alpha value is -1.43. The topological polar surface area (TPSA) is 62.3 Å². The first-order valence-electron chi connectivity index (χ1n) is 7.05. The van der Waals surface area contributed by atoms with E-state index in [1.54, 1.807) is 16.2 Å². The number of rotatable bonds is 2. The van der Waals surface area contributed by atoms with Crippen LogP contribution in [0.3, 0.4) is 0 Å². The fourth-order valence-electron chi connectivity index (χ4n) is 3.41. The van der Waals surface area contributed by atoms with Crippen molar-refractivity contribution in [2.75, 3.05) is 0 Å². The molecule has 5 nitrogen and oxygen atoms in total. The van der Waals surface area contributed by atoms with E-state index in [4.69, 9.17) is 0 Å². The Morgan fingerprint density at radius 2 is 2.35 bits per heavy atom. The summed E-state index contributed by atoms with van der Waals surface area (Å²) < 4.78 is 0. The molecular formula is C14H19N3O2S. The maximum Gasteiger partial charge on any atom is 0.325 e. The third kappa shape index (κ3) is 2.12. The van der Waals surface area contributed by atoms with E-state index in [0.29, 0.717) is 12.5 Å². The first-order valence-corrected chi connectivity index (χ1v) is 7.93. The summed E-state index contributed by atoms with van der Waals surface area (Å²) in [7, 11) is 0. The standard InChI is InChI=1S/C14H19N3O2S/c1-9-4-3-5-14(6-9)12(18)16-13(19)17(14)7-11-15-10(2)8-20-11/h8-9H,3-7H2,1-2H3,(H,16,18,19). The second kappa shape index (κ2) is 4.84. The second-order valence-corrected chi connectivity index (χ2v) is 6.90. The average Bonchev–Trinajstić information content (AvgIpc) is 2.88. The van der Waals surface area contributed by atoms with Crippen molar-refractivity contribution < 1.29 is 9.59 Å². The maximum absolute atomic E-state index is 12.3. The monoisotopic (exact) mass is 293 g/mol. The van der Waals surface area contributed by atoms with Crippen LogP contribution in [0.2, 0.25) is 0 Å². The highest BCUT2D eigenvalue weighted by atomic mass is 32.1. The zero-order valence-corrected chi connectivity index (χ0v) is 12.6. The first-order chi connectivity index (χ1) is 9.51. The molecule has 2 aliphatic rings. The number of amides is 3. The van der Waals surface area contributed by atoms with E-state index in [1.807, 2.05) is 12.3 Å². The van der Waals surface area contributed by atoms with Gasteiger partial charge in [0.25, 0.3) is 5.91 Å². The molecule has 1 spiro atoms. The van der Waals surface area contributed by atoms with Crippen LogP contribution >= 0.6 is 11.3 Å². The fraction of sp³-hybridized carbons (Fsp3) is 0.643. The zero-order chi connectivity index (χ0) is 14.3. The van der Waals surface area contributed by atoms with E-state index in [-0.39, 0.29) is 11.9 Å². The van der Waals surface area contributed by atoms with Gasteiger partial charge in [0.15, 0.2) is 0 Å². The number of nitrogens with zero attached hydrogens (tertiary/aromatic N) is 2. The number of urea groups is 1. The molecule has 1 aliphatic heterocycles. The number of aryl methyl sites for hydroxylation is 1. The molecule has 20 heavy (non-hydrogen) atoms. The van der Waals surface area contributed by atoms with Crippen molar-refractivity contribution in [3.05, 3.63) is 16.1 Å². The molecule has 1 aromatic rings. The van der Waals surface area contributed by atoms with Crippen molar-refractivity contribution in [2.45, 2.75) is 51.6 Å². The lowest BCUT2D eigenvalue weighted by Gasteiger charge is -2.40. The Morgan fingerprint density at radius 1 is 1.55 bits per heavy atom. The van der Waals surface area contributed by atoms with Crippen molar-refractivity contribution in [1.82, 2.24) is 15.2 Å². The van der Waals surface area contributed by atoms with Gasteiger partial charge in [-0.25, -0.2) is 9.78 Å². The molecule has 3 rings (SSSR count). The predicted molar refractivity (Wildman–Crippen MR) is 76.3 cm³/mol. The van der Waals surface area contributed by atoms with Crippen LogP contribution in [0.4, 0.5) is 4.79 Å². The summed E-state index contributed by atoms with van der Waals surface area (Å²) in [6.07, 6.45) is 3.65. The number of hydrogen-bond donors (Lipinski definition) is 1. The summed E-state index contributed by atoms with van der Waals surface area (Å²) in [4.78, 5) is 30.6. The molecule has 108 valence electrons. The third-order valence-corrected chi connectivity index (χ3v) is 5.29. The van der Waals surface area contributed by atoms with E-state index >= 15 is 0 Å². The van der Waals surface area contributed by atoms with Crippen LogP contribution in [0, 0.1) is 12.8 Å². The van der Waals surface area contributed by atoms with E-state index in [1.165, 1.54) is 0 Å². The SMILES string of the molecule is Cc1csc(CN2C(=O)NC(=O)C23CCCC(C)C3)n1. The van der Waals surface area contributed by atoms with Gasteiger partial charge in [0.2, 0.25) is 0 Å². The highest BCUT2D eigenvalue weighted by Gasteiger charge is 2.54.